The normalized spacial score (nSPS) is 32.2. The van der Waals surface area contributed by atoms with Crippen LogP contribution in [0.2, 0.25) is 0 Å². The SMILES string of the molecule is CC1(Oc2cc(C(=O)OCCS(=O)(=O)[O-])ccc2C(F)(F)F)CC2CC1C1CCCC21. The van der Waals surface area contributed by atoms with Gasteiger partial charge >= 0.3 is 12.1 Å². The number of carbonyl (C=O) groups is 1. The molecule has 2 bridgehead atoms. The molecule has 1 aromatic carbocycles. The maximum absolute atomic E-state index is 13.6. The minimum absolute atomic E-state index is 0.184. The largest absolute Gasteiger partial charge is 0.748 e. The molecular weight excluding hydrogens is 437 g/mol. The molecule has 3 aliphatic carbocycles. The van der Waals surface area contributed by atoms with Crippen molar-refractivity contribution >= 4 is 16.1 Å². The fourth-order valence-corrected chi connectivity index (χ4v) is 6.33. The van der Waals surface area contributed by atoms with Gasteiger partial charge in [-0.3, -0.25) is 0 Å². The number of hydrogen-bond acceptors (Lipinski definition) is 6. The summed E-state index contributed by atoms with van der Waals surface area (Å²) in [7, 11) is -4.57. The molecule has 1 aromatic rings. The average molecular weight is 461 g/mol. The van der Waals surface area contributed by atoms with Crippen LogP contribution in [0.5, 0.6) is 5.75 Å². The monoisotopic (exact) mass is 461 g/mol. The number of hydrogen-bond donors (Lipinski definition) is 0. The zero-order valence-electron chi connectivity index (χ0n) is 17.0. The number of alkyl halides is 3. The van der Waals surface area contributed by atoms with E-state index in [9.17, 15) is 30.9 Å². The molecule has 3 fully saturated rings. The molecule has 0 aromatic heterocycles. The van der Waals surface area contributed by atoms with Crippen molar-refractivity contribution < 1.29 is 40.4 Å². The van der Waals surface area contributed by atoms with Gasteiger partial charge in [-0.2, -0.15) is 13.2 Å². The van der Waals surface area contributed by atoms with Crippen molar-refractivity contribution in [2.24, 2.45) is 23.7 Å². The van der Waals surface area contributed by atoms with Crippen LogP contribution in [-0.2, 0) is 21.0 Å². The van der Waals surface area contributed by atoms with Crippen LogP contribution in [-0.4, -0.2) is 36.9 Å². The molecule has 0 spiro atoms. The Morgan fingerprint density at radius 3 is 2.65 bits per heavy atom. The number of esters is 1. The smallest absolute Gasteiger partial charge is 0.419 e. The second kappa shape index (κ2) is 7.65. The summed E-state index contributed by atoms with van der Waals surface area (Å²) in [6.07, 6.45) is 0.373. The first-order valence-electron chi connectivity index (χ1n) is 10.4. The maximum atomic E-state index is 13.6. The summed E-state index contributed by atoms with van der Waals surface area (Å²) in [6.45, 7) is 1.18. The molecule has 6 nitrogen and oxygen atoms in total. The lowest BCUT2D eigenvalue weighted by Crippen LogP contribution is -2.44. The van der Waals surface area contributed by atoms with Crippen molar-refractivity contribution in [2.45, 2.75) is 50.8 Å². The van der Waals surface area contributed by atoms with Gasteiger partial charge in [-0.15, -0.1) is 0 Å². The van der Waals surface area contributed by atoms with Gasteiger partial charge in [0.1, 0.15) is 18.0 Å². The number of benzene rings is 1. The predicted octanol–water partition coefficient (Wildman–Crippen LogP) is 4.00. The minimum atomic E-state index is -4.67. The van der Waals surface area contributed by atoms with Gasteiger partial charge < -0.3 is 14.0 Å². The van der Waals surface area contributed by atoms with E-state index >= 15 is 0 Å². The van der Waals surface area contributed by atoms with Crippen LogP contribution in [0, 0.1) is 23.7 Å². The van der Waals surface area contributed by atoms with Gasteiger partial charge in [-0.25, -0.2) is 13.2 Å². The Balaban J connectivity index is 1.57. The highest BCUT2D eigenvalue weighted by Gasteiger charge is 2.60. The van der Waals surface area contributed by atoms with E-state index in [1.54, 1.807) is 0 Å². The van der Waals surface area contributed by atoms with Gasteiger partial charge in [0.05, 0.1) is 27.0 Å². The van der Waals surface area contributed by atoms with Crippen LogP contribution in [0.1, 0.15) is 54.9 Å². The van der Waals surface area contributed by atoms with Gasteiger partial charge in [0.15, 0.2) is 0 Å². The van der Waals surface area contributed by atoms with Gasteiger partial charge in [0.25, 0.3) is 0 Å². The van der Waals surface area contributed by atoms with E-state index in [1.807, 2.05) is 6.92 Å². The highest BCUT2D eigenvalue weighted by atomic mass is 32.2. The van der Waals surface area contributed by atoms with Crippen molar-refractivity contribution in [3.8, 4) is 5.75 Å². The van der Waals surface area contributed by atoms with Crippen LogP contribution in [0.25, 0.3) is 0 Å². The fraction of sp³-hybridized carbons (Fsp3) is 0.667. The molecule has 10 heteroatoms. The summed E-state index contributed by atoms with van der Waals surface area (Å²) in [5, 5.41) is 0. The van der Waals surface area contributed by atoms with Crippen LogP contribution in [0.15, 0.2) is 18.2 Å². The van der Waals surface area contributed by atoms with Gasteiger partial charge in [0.2, 0.25) is 0 Å². The summed E-state index contributed by atoms with van der Waals surface area (Å²) in [4.78, 5) is 12.2. The minimum Gasteiger partial charge on any atom is -0.748 e. The summed E-state index contributed by atoms with van der Waals surface area (Å²) >= 11 is 0. The summed E-state index contributed by atoms with van der Waals surface area (Å²) < 4.78 is 83.5. The summed E-state index contributed by atoms with van der Waals surface area (Å²) in [6, 6.07) is 2.73. The topological polar surface area (TPSA) is 92.7 Å². The third-order valence-corrected chi connectivity index (χ3v) is 7.85. The first-order chi connectivity index (χ1) is 14.4. The zero-order chi connectivity index (χ0) is 22.6. The molecule has 0 aliphatic heterocycles. The zero-order valence-corrected chi connectivity index (χ0v) is 17.8. The molecule has 4 rings (SSSR count). The van der Waals surface area contributed by atoms with Crippen molar-refractivity contribution in [3.05, 3.63) is 29.3 Å². The molecule has 5 unspecified atom stereocenters. The highest BCUT2D eigenvalue weighted by Crippen LogP contribution is 2.63. The van der Waals surface area contributed by atoms with Crippen molar-refractivity contribution in [2.75, 3.05) is 12.4 Å². The molecular formula is C21H24F3O6S-. The number of ether oxygens (including phenoxy) is 2. The number of rotatable bonds is 6. The van der Waals surface area contributed by atoms with E-state index in [0.29, 0.717) is 24.2 Å². The van der Waals surface area contributed by atoms with Crippen molar-refractivity contribution in [1.82, 2.24) is 0 Å². The standard InChI is InChI=1S/C21H25F3O6S/c1-20(11-13-9-17(20)15-4-2-3-14(13)15)30-18-10-12(5-6-16(18)21(22,23)24)19(25)29-7-8-31(26,27)28/h5-6,10,13-15,17H,2-4,7-9,11H2,1H3,(H,26,27,28)/p-1. The molecule has 0 heterocycles. The van der Waals surface area contributed by atoms with Crippen molar-refractivity contribution in [3.63, 3.8) is 0 Å². The van der Waals surface area contributed by atoms with Crippen LogP contribution >= 0.6 is 0 Å². The molecule has 0 N–H and O–H groups in total. The third kappa shape index (κ3) is 4.41. The Morgan fingerprint density at radius 1 is 1.26 bits per heavy atom. The van der Waals surface area contributed by atoms with Gasteiger partial charge in [0, 0.05) is 5.92 Å². The Bertz CT molecular complexity index is 976. The molecule has 5 atom stereocenters. The van der Waals surface area contributed by atoms with Crippen LogP contribution < -0.4 is 4.74 Å². The quantitative estimate of drug-likeness (QED) is 0.470. The Morgan fingerprint density at radius 2 is 1.97 bits per heavy atom. The van der Waals surface area contributed by atoms with E-state index in [0.717, 1.165) is 37.5 Å². The molecule has 0 amide bonds. The Kier molecular flexibility index (Phi) is 5.53. The van der Waals surface area contributed by atoms with Crippen LogP contribution in [0.4, 0.5) is 13.2 Å². The highest BCUT2D eigenvalue weighted by molar-refractivity contribution is 7.85. The average Bonchev–Trinajstić information content (AvgIpc) is 3.31. The molecule has 0 radical (unpaired) electrons. The van der Waals surface area contributed by atoms with E-state index in [-0.39, 0.29) is 11.5 Å². The Hall–Kier alpha value is -1.81. The lowest BCUT2D eigenvalue weighted by atomic mass is 9.73. The second-order valence-electron chi connectivity index (χ2n) is 9.09. The molecule has 172 valence electrons. The van der Waals surface area contributed by atoms with E-state index < -0.39 is 51.5 Å². The summed E-state index contributed by atoms with van der Waals surface area (Å²) in [5.41, 5.74) is -1.91. The van der Waals surface area contributed by atoms with E-state index in [1.165, 1.54) is 6.42 Å². The molecule has 0 saturated heterocycles. The third-order valence-electron chi connectivity index (χ3n) is 7.19. The number of fused-ring (bicyclic) bond motifs is 5. The molecule has 31 heavy (non-hydrogen) atoms. The first-order valence-corrected chi connectivity index (χ1v) is 12.0. The Labute approximate surface area is 178 Å². The number of carbonyl (C=O) groups excluding carboxylic acids is 1. The van der Waals surface area contributed by atoms with Crippen LogP contribution in [0.3, 0.4) is 0 Å². The lowest BCUT2D eigenvalue weighted by molar-refractivity contribution is -0.140. The summed E-state index contributed by atoms with van der Waals surface area (Å²) in [5.74, 6) is -0.600. The molecule has 3 aliphatic rings. The van der Waals surface area contributed by atoms with Gasteiger partial charge in [-0.05, 0) is 68.6 Å². The second-order valence-corrected chi connectivity index (χ2v) is 10.6. The first kappa shape index (κ1) is 22.4. The molecule has 3 saturated carbocycles. The predicted molar refractivity (Wildman–Crippen MR) is 102 cm³/mol. The van der Waals surface area contributed by atoms with E-state index in [4.69, 9.17) is 9.47 Å². The van der Waals surface area contributed by atoms with E-state index in [2.05, 4.69) is 0 Å². The number of halogens is 3. The maximum Gasteiger partial charge on any atom is 0.419 e. The van der Waals surface area contributed by atoms with Crippen molar-refractivity contribution in [1.29, 1.82) is 0 Å². The lowest BCUT2D eigenvalue weighted by Gasteiger charge is -2.41. The van der Waals surface area contributed by atoms with Gasteiger partial charge in [-0.1, -0.05) is 6.42 Å². The fourth-order valence-electron chi connectivity index (χ4n) is 6.04.